The summed E-state index contributed by atoms with van der Waals surface area (Å²) in [6, 6.07) is 19.4. The minimum Gasteiger partial charge on any atom is -0.490 e. The van der Waals surface area contributed by atoms with Gasteiger partial charge in [0.1, 0.15) is 52.5 Å². The molecule has 0 atom stereocenters. The van der Waals surface area contributed by atoms with Crippen LogP contribution in [0.3, 0.4) is 0 Å². The van der Waals surface area contributed by atoms with Gasteiger partial charge in [0.15, 0.2) is 0 Å². The Morgan fingerprint density at radius 3 is 2.37 bits per heavy atom. The van der Waals surface area contributed by atoms with Gasteiger partial charge in [0.2, 0.25) is 0 Å². The maximum absolute atomic E-state index is 11.2. The Balaban J connectivity index is 1.43. The first kappa shape index (κ1) is 30.3. The molecule has 4 aromatic rings. The van der Waals surface area contributed by atoms with Crippen molar-refractivity contribution in [1.29, 1.82) is 10.5 Å². The zero-order valence-electron chi connectivity index (χ0n) is 23.1. The highest BCUT2D eigenvalue weighted by molar-refractivity contribution is 7.98. The molecule has 2 aromatic heterocycles. The van der Waals surface area contributed by atoms with Crippen LogP contribution in [0, 0.1) is 22.7 Å². The summed E-state index contributed by atoms with van der Waals surface area (Å²) in [6.45, 7) is 1.67. The van der Waals surface area contributed by atoms with Crippen LogP contribution in [0.2, 0.25) is 5.02 Å². The number of pyridine rings is 1. The first-order valence-corrected chi connectivity index (χ1v) is 15.8. The van der Waals surface area contributed by atoms with Crippen LogP contribution in [0.1, 0.15) is 29.7 Å². The number of anilines is 1. The molecule has 1 aliphatic rings. The second-order valence-electron chi connectivity index (χ2n) is 9.52. The highest BCUT2D eigenvalue weighted by Gasteiger charge is 2.26. The first-order valence-electron chi connectivity index (χ1n) is 13.6. The van der Waals surface area contributed by atoms with Crippen LogP contribution >= 0.6 is 34.7 Å². The van der Waals surface area contributed by atoms with Gasteiger partial charge in [-0.25, -0.2) is 9.97 Å². The van der Waals surface area contributed by atoms with Crippen LogP contribution in [-0.4, -0.2) is 48.8 Å². The van der Waals surface area contributed by atoms with Gasteiger partial charge in [-0.3, -0.25) is 4.79 Å². The van der Waals surface area contributed by atoms with Gasteiger partial charge in [-0.2, -0.15) is 10.5 Å². The molecule has 43 heavy (non-hydrogen) atoms. The van der Waals surface area contributed by atoms with E-state index in [0.717, 1.165) is 42.2 Å². The number of halogens is 1. The topological polar surface area (TPSA) is 138 Å². The van der Waals surface area contributed by atoms with E-state index in [1.165, 1.54) is 11.8 Å². The largest absolute Gasteiger partial charge is 0.490 e. The number of carbonyl (C=O) groups excluding carboxylic acids is 1. The highest BCUT2D eigenvalue weighted by atomic mass is 35.5. The number of nitrogens with zero attached hydrogens (tertiary/aromatic N) is 5. The van der Waals surface area contributed by atoms with Gasteiger partial charge >= 0.3 is 5.97 Å². The number of rotatable bonds is 11. The summed E-state index contributed by atoms with van der Waals surface area (Å²) in [6.07, 6.45) is 2.03. The van der Waals surface area contributed by atoms with Crippen LogP contribution in [0.5, 0.6) is 5.75 Å². The van der Waals surface area contributed by atoms with Crippen molar-refractivity contribution in [3.63, 3.8) is 0 Å². The molecule has 1 saturated heterocycles. The molecule has 0 spiro atoms. The molecule has 0 amide bonds. The van der Waals surface area contributed by atoms with E-state index in [2.05, 4.69) is 17.0 Å². The Bertz CT molecular complexity index is 1670. The number of nitrogens with two attached hydrogens (primary N) is 1. The molecule has 2 N–H and O–H groups in total. The molecule has 1 aliphatic heterocycles. The Hall–Kier alpha value is -4.13. The minimum atomic E-state index is -0.496. The fraction of sp³-hybridized carbons (Fsp3) is 0.258. The van der Waals surface area contributed by atoms with Crippen molar-refractivity contribution in [2.24, 2.45) is 5.73 Å². The lowest BCUT2D eigenvalue weighted by Crippen LogP contribution is -2.21. The summed E-state index contributed by atoms with van der Waals surface area (Å²) >= 11 is 9.02. The van der Waals surface area contributed by atoms with Gasteiger partial charge in [-0.15, -0.1) is 11.3 Å². The maximum atomic E-state index is 11.2. The molecular weight excluding hydrogens is 604 g/mol. The third-order valence-electron chi connectivity index (χ3n) is 6.70. The Morgan fingerprint density at radius 1 is 1.00 bits per heavy atom. The molecule has 0 saturated carbocycles. The second kappa shape index (κ2) is 14.4. The van der Waals surface area contributed by atoms with Crippen molar-refractivity contribution < 1.29 is 14.3 Å². The van der Waals surface area contributed by atoms with E-state index in [9.17, 15) is 15.3 Å². The minimum absolute atomic E-state index is 0.0826. The summed E-state index contributed by atoms with van der Waals surface area (Å²) in [5.74, 6) is 1.17. The highest BCUT2D eigenvalue weighted by Crippen LogP contribution is 2.40. The average Bonchev–Trinajstić information content (AvgIpc) is 3.75. The van der Waals surface area contributed by atoms with Crippen LogP contribution in [0.15, 0.2) is 58.9 Å². The van der Waals surface area contributed by atoms with Crippen molar-refractivity contribution in [3.05, 3.63) is 75.8 Å². The van der Waals surface area contributed by atoms with Crippen molar-refractivity contribution in [1.82, 2.24) is 9.97 Å². The van der Waals surface area contributed by atoms with E-state index in [1.54, 1.807) is 23.5 Å². The van der Waals surface area contributed by atoms with Crippen molar-refractivity contribution >= 4 is 46.5 Å². The molecule has 0 unspecified atom stereocenters. The number of carbonyl (C=O) groups is 1. The molecular formula is C31H27ClN6O3S2. The molecule has 5 rings (SSSR count). The monoisotopic (exact) mass is 630 g/mol. The normalized spacial score (nSPS) is 12.5. The summed E-state index contributed by atoms with van der Waals surface area (Å²) in [5, 5.41) is 24.8. The van der Waals surface area contributed by atoms with E-state index in [4.69, 9.17) is 36.8 Å². The number of ether oxygens (including phenoxy) is 2. The third kappa shape index (κ3) is 7.27. The first-order chi connectivity index (χ1) is 21.0. The van der Waals surface area contributed by atoms with Crippen molar-refractivity contribution in [2.45, 2.75) is 23.6 Å². The fourth-order valence-corrected chi connectivity index (χ4v) is 6.58. The molecule has 0 aliphatic carbocycles. The molecule has 2 aromatic carbocycles. The number of esters is 1. The predicted molar refractivity (Wildman–Crippen MR) is 168 cm³/mol. The van der Waals surface area contributed by atoms with Crippen molar-refractivity contribution in [2.75, 3.05) is 37.7 Å². The SMILES string of the molecule is N#Cc1c(SCc2csc(-c3ccc(Cl)cc3)n2)nc(N2CCCC2)c(C#N)c1-c1ccc(OCCOC(=O)CN)cc1. The Labute approximate surface area is 262 Å². The smallest absolute Gasteiger partial charge is 0.319 e. The van der Waals surface area contributed by atoms with E-state index in [0.29, 0.717) is 49.6 Å². The lowest BCUT2D eigenvalue weighted by Gasteiger charge is -2.22. The summed E-state index contributed by atoms with van der Waals surface area (Å²) in [7, 11) is 0. The van der Waals surface area contributed by atoms with Gasteiger partial charge in [0.05, 0.1) is 17.8 Å². The van der Waals surface area contributed by atoms with E-state index >= 15 is 0 Å². The zero-order chi connectivity index (χ0) is 30.2. The van der Waals surface area contributed by atoms with Crippen LogP contribution in [-0.2, 0) is 15.3 Å². The summed E-state index contributed by atoms with van der Waals surface area (Å²) in [4.78, 5) is 23.0. The van der Waals surface area contributed by atoms with E-state index in [1.807, 2.05) is 41.8 Å². The Kier molecular flexibility index (Phi) is 10.1. The zero-order valence-corrected chi connectivity index (χ0v) is 25.5. The van der Waals surface area contributed by atoms with Crippen LogP contribution in [0.25, 0.3) is 21.7 Å². The number of hydrogen-bond acceptors (Lipinski definition) is 11. The predicted octanol–water partition coefficient (Wildman–Crippen LogP) is 6.04. The van der Waals surface area contributed by atoms with Crippen LogP contribution in [0.4, 0.5) is 5.82 Å². The standard InChI is InChI=1S/C31H27ClN6O3S2/c32-22-7-3-21(4-8-22)30-36-23(18-42-30)19-43-31-26(16-34)28(25(15-33)29(37-31)38-11-1-2-12-38)20-5-9-24(10-6-20)40-13-14-41-27(39)17-35/h3-10,18H,1-2,11-14,17,19,35H2. The van der Waals surface area contributed by atoms with Crippen molar-refractivity contribution in [3.8, 4) is 39.6 Å². The van der Waals surface area contributed by atoms with Gasteiger partial charge in [0.25, 0.3) is 0 Å². The molecule has 3 heterocycles. The van der Waals surface area contributed by atoms with E-state index < -0.39 is 5.97 Å². The van der Waals surface area contributed by atoms with Gasteiger partial charge in [-0.1, -0.05) is 47.6 Å². The lowest BCUT2D eigenvalue weighted by molar-refractivity contribution is -0.142. The van der Waals surface area contributed by atoms with E-state index in [-0.39, 0.29) is 19.8 Å². The van der Waals surface area contributed by atoms with Gasteiger partial charge in [0, 0.05) is 40.4 Å². The number of thioether (sulfide) groups is 1. The molecule has 1 fully saturated rings. The molecule has 9 nitrogen and oxygen atoms in total. The maximum Gasteiger partial charge on any atom is 0.319 e. The Morgan fingerprint density at radius 2 is 1.70 bits per heavy atom. The quantitative estimate of drug-likeness (QED) is 0.118. The second-order valence-corrected chi connectivity index (χ2v) is 11.8. The fourth-order valence-electron chi connectivity index (χ4n) is 4.64. The molecule has 0 radical (unpaired) electrons. The van der Waals surface area contributed by atoms with Gasteiger partial charge in [-0.05, 0) is 42.7 Å². The number of hydrogen-bond donors (Lipinski definition) is 1. The lowest BCUT2D eigenvalue weighted by atomic mass is 9.96. The molecule has 12 heteroatoms. The molecule has 218 valence electrons. The third-order valence-corrected chi connectivity index (χ3v) is 8.90. The number of thiazole rings is 1. The summed E-state index contributed by atoms with van der Waals surface area (Å²) in [5.41, 5.74) is 9.09. The average molecular weight is 631 g/mol. The van der Waals surface area contributed by atoms with Crippen LogP contribution < -0.4 is 15.4 Å². The number of aromatic nitrogens is 2. The number of benzene rings is 2. The number of nitriles is 2. The molecule has 0 bridgehead atoms. The summed E-state index contributed by atoms with van der Waals surface area (Å²) < 4.78 is 10.6. The van der Waals surface area contributed by atoms with Gasteiger partial charge < -0.3 is 20.1 Å².